The van der Waals surface area contributed by atoms with Crippen LogP contribution in [0, 0.1) is 5.92 Å². The predicted molar refractivity (Wildman–Crippen MR) is 87.2 cm³/mol. The number of rotatable bonds is 5. The van der Waals surface area contributed by atoms with Gasteiger partial charge in [0.15, 0.2) is 0 Å². The number of benzene rings is 1. The van der Waals surface area contributed by atoms with E-state index in [4.69, 9.17) is 0 Å². The van der Waals surface area contributed by atoms with E-state index >= 15 is 0 Å². The van der Waals surface area contributed by atoms with Crippen LogP contribution in [0.2, 0.25) is 0 Å². The van der Waals surface area contributed by atoms with E-state index in [1.54, 1.807) is 0 Å². The van der Waals surface area contributed by atoms with Gasteiger partial charge < -0.3 is 5.32 Å². The van der Waals surface area contributed by atoms with Crippen LogP contribution in [-0.4, -0.2) is 31.1 Å². The van der Waals surface area contributed by atoms with Gasteiger partial charge in [0.05, 0.1) is 0 Å². The van der Waals surface area contributed by atoms with Crippen molar-refractivity contribution in [1.82, 2.24) is 10.2 Å². The van der Waals surface area contributed by atoms with E-state index in [2.05, 4.69) is 62.2 Å². The SMILES string of the molecule is CCC(C)c1ccc(C(C(C)C)N2CCNCC2)cc1. The topological polar surface area (TPSA) is 15.3 Å². The molecule has 112 valence electrons. The molecule has 2 atom stereocenters. The summed E-state index contributed by atoms with van der Waals surface area (Å²) in [6, 6.07) is 9.94. The largest absolute Gasteiger partial charge is 0.314 e. The molecule has 2 rings (SSSR count). The van der Waals surface area contributed by atoms with Crippen LogP contribution in [0.4, 0.5) is 0 Å². The Kier molecular flexibility index (Phi) is 5.62. The van der Waals surface area contributed by atoms with Gasteiger partial charge in [-0.3, -0.25) is 4.90 Å². The molecule has 1 aromatic carbocycles. The van der Waals surface area contributed by atoms with Crippen molar-refractivity contribution in [3.8, 4) is 0 Å². The number of nitrogens with one attached hydrogen (secondary N) is 1. The van der Waals surface area contributed by atoms with E-state index in [1.807, 2.05) is 0 Å². The summed E-state index contributed by atoms with van der Waals surface area (Å²) in [5.41, 5.74) is 2.95. The van der Waals surface area contributed by atoms with Crippen molar-refractivity contribution in [3.05, 3.63) is 35.4 Å². The third-order valence-corrected chi connectivity index (χ3v) is 4.64. The summed E-state index contributed by atoms with van der Waals surface area (Å²) in [5, 5.41) is 3.45. The predicted octanol–water partition coefficient (Wildman–Crippen LogP) is 3.80. The van der Waals surface area contributed by atoms with E-state index in [0.29, 0.717) is 17.9 Å². The van der Waals surface area contributed by atoms with Crippen LogP contribution in [-0.2, 0) is 0 Å². The number of hydrogen-bond acceptors (Lipinski definition) is 2. The fourth-order valence-corrected chi connectivity index (χ4v) is 3.24. The first kappa shape index (κ1) is 15.5. The zero-order valence-electron chi connectivity index (χ0n) is 13.5. The van der Waals surface area contributed by atoms with Crippen molar-refractivity contribution in [2.24, 2.45) is 5.92 Å². The van der Waals surface area contributed by atoms with Gasteiger partial charge in [0.25, 0.3) is 0 Å². The molecule has 1 N–H and O–H groups in total. The molecule has 0 aromatic heterocycles. The first-order valence-corrected chi connectivity index (χ1v) is 8.18. The van der Waals surface area contributed by atoms with Gasteiger partial charge >= 0.3 is 0 Å². The minimum Gasteiger partial charge on any atom is -0.314 e. The molecule has 0 saturated carbocycles. The first-order chi connectivity index (χ1) is 9.63. The highest BCUT2D eigenvalue weighted by molar-refractivity contribution is 5.27. The molecule has 0 bridgehead atoms. The van der Waals surface area contributed by atoms with E-state index in [0.717, 1.165) is 26.2 Å². The van der Waals surface area contributed by atoms with Gasteiger partial charge in [-0.25, -0.2) is 0 Å². The molecule has 2 nitrogen and oxygen atoms in total. The summed E-state index contributed by atoms with van der Waals surface area (Å²) in [4.78, 5) is 2.64. The summed E-state index contributed by atoms with van der Waals surface area (Å²) in [6.45, 7) is 13.8. The zero-order chi connectivity index (χ0) is 14.5. The molecule has 2 unspecified atom stereocenters. The van der Waals surface area contributed by atoms with E-state index in [9.17, 15) is 0 Å². The Morgan fingerprint density at radius 2 is 1.55 bits per heavy atom. The monoisotopic (exact) mass is 274 g/mol. The Morgan fingerprint density at radius 3 is 2.05 bits per heavy atom. The lowest BCUT2D eigenvalue weighted by atomic mass is 9.91. The van der Waals surface area contributed by atoms with Gasteiger partial charge in [-0.2, -0.15) is 0 Å². The van der Waals surface area contributed by atoms with Gasteiger partial charge in [0.1, 0.15) is 0 Å². The summed E-state index contributed by atoms with van der Waals surface area (Å²) in [6.07, 6.45) is 1.21. The minimum absolute atomic E-state index is 0.558. The summed E-state index contributed by atoms with van der Waals surface area (Å²) in [5.74, 6) is 1.32. The van der Waals surface area contributed by atoms with Crippen molar-refractivity contribution in [2.75, 3.05) is 26.2 Å². The molecule has 0 aliphatic carbocycles. The minimum atomic E-state index is 0.558. The maximum absolute atomic E-state index is 3.45. The van der Waals surface area contributed by atoms with Gasteiger partial charge in [-0.15, -0.1) is 0 Å². The molecule has 1 aromatic rings. The molecule has 1 fully saturated rings. The van der Waals surface area contributed by atoms with Gasteiger partial charge in [0.2, 0.25) is 0 Å². The molecule has 1 saturated heterocycles. The molecule has 0 radical (unpaired) electrons. The Morgan fingerprint density at radius 1 is 1.00 bits per heavy atom. The Balaban J connectivity index is 2.16. The third-order valence-electron chi connectivity index (χ3n) is 4.64. The smallest absolute Gasteiger partial charge is 0.0372 e. The maximum atomic E-state index is 3.45. The van der Waals surface area contributed by atoms with Crippen LogP contribution >= 0.6 is 0 Å². The van der Waals surface area contributed by atoms with Crippen LogP contribution in [0.3, 0.4) is 0 Å². The lowest BCUT2D eigenvalue weighted by Crippen LogP contribution is -2.46. The molecule has 1 heterocycles. The second kappa shape index (κ2) is 7.24. The van der Waals surface area contributed by atoms with Crippen LogP contribution < -0.4 is 5.32 Å². The third kappa shape index (κ3) is 3.62. The number of hydrogen-bond donors (Lipinski definition) is 1. The average Bonchev–Trinajstić information content (AvgIpc) is 2.48. The van der Waals surface area contributed by atoms with Gasteiger partial charge in [-0.05, 0) is 29.4 Å². The number of piperazine rings is 1. The van der Waals surface area contributed by atoms with Crippen molar-refractivity contribution < 1.29 is 0 Å². The lowest BCUT2D eigenvalue weighted by Gasteiger charge is -2.37. The van der Waals surface area contributed by atoms with Gasteiger partial charge in [-0.1, -0.05) is 52.0 Å². The van der Waals surface area contributed by atoms with E-state index < -0.39 is 0 Å². The Bertz CT molecular complexity index is 390. The van der Waals surface area contributed by atoms with Crippen molar-refractivity contribution in [3.63, 3.8) is 0 Å². The highest BCUT2D eigenvalue weighted by Crippen LogP contribution is 2.30. The standard InChI is InChI=1S/C18H30N2/c1-5-15(4)16-6-8-17(9-7-16)18(14(2)3)20-12-10-19-11-13-20/h6-9,14-15,18-19H,5,10-13H2,1-4H3. The Labute approximate surface area is 124 Å². The first-order valence-electron chi connectivity index (χ1n) is 8.18. The molecule has 20 heavy (non-hydrogen) atoms. The van der Waals surface area contributed by atoms with Crippen molar-refractivity contribution in [2.45, 2.75) is 46.1 Å². The van der Waals surface area contributed by atoms with Crippen LogP contribution in [0.1, 0.15) is 57.2 Å². The lowest BCUT2D eigenvalue weighted by molar-refractivity contribution is 0.137. The van der Waals surface area contributed by atoms with E-state index in [1.165, 1.54) is 17.5 Å². The van der Waals surface area contributed by atoms with Crippen molar-refractivity contribution >= 4 is 0 Å². The zero-order valence-corrected chi connectivity index (χ0v) is 13.5. The normalized spacial score (nSPS) is 20.1. The maximum Gasteiger partial charge on any atom is 0.0372 e. The van der Waals surface area contributed by atoms with Crippen molar-refractivity contribution in [1.29, 1.82) is 0 Å². The number of nitrogens with zero attached hydrogens (tertiary/aromatic N) is 1. The highest BCUT2D eigenvalue weighted by atomic mass is 15.2. The second-order valence-corrected chi connectivity index (χ2v) is 6.45. The fraction of sp³-hybridized carbons (Fsp3) is 0.667. The van der Waals surface area contributed by atoms with Crippen LogP contribution in [0.5, 0.6) is 0 Å². The van der Waals surface area contributed by atoms with E-state index in [-0.39, 0.29) is 0 Å². The summed E-state index contributed by atoms with van der Waals surface area (Å²) in [7, 11) is 0. The van der Waals surface area contributed by atoms with Crippen LogP contribution in [0.15, 0.2) is 24.3 Å². The fourth-order valence-electron chi connectivity index (χ4n) is 3.24. The molecule has 1 aliphatic heterocycles. The second-order valence-electron chi connectivity index (χ2n) is 6.45. The highest BCUT2D eigenvalue weighted by Gasteiger charge is 2.24. The average molecular weight is 274 g/mol. The summed E-state index contributed by atoms with van der Waals surface area (Å²) < 4.78 is 0. The Hall–Kier alpha value is -0.860. The summed E-state index contributed by atoms with van der Waals surface area (Å²) >= 11 is 0. The van der Waals surface area contributed by atoms with Crippen LogP contribution in [0.25, 0.3) is 0 Å². The quantitative estimate of drug-likeness (QED) is 0.878. The van der Waals surface area contributed by atoms with Gasteiger partial charge in [0, 0.05) is 32.2 Å². The molecular weight excluding hydrogens is 244 g/mol. The molecule has 2 heteroatoms. The molecule has 0 spiro atoms. The molecule has 0 amide bonds. The molecule has 1 aliphatic rings. The molecular formula is C18H30N2.